The van der Waals surface area contributed by atoms with E-state index in [-0.39, 0.29) is 0 Å². The lowest BCUT2D eigenvalue weighted by molar-refractivity contribution is -0.641. The van der Waals surface area contributed by atoms with Gasteiger partial charge in [-0.25, -0.2) is 0 Å². The molecule has 2 nitrogen and oxygen atoms in total. The summed E-state index contributed by atoms with van der Waals surface area (Å²) in [4.78, 5) is 2.13. The number of thiazole rings is 1. The molecule has 0 aliphatic rings. The molecule has 0 aliphatic carbocycles. The Morgan fingerprint density at radius 2 is 1.66 bits per heavy atom. The third-order valence-electron chi connectivity index (χ3n) is 5.05. The van der Waals surface area contributed by atoms with E-state index < -0.39 is 0 Å². The Bertz CT molecular complexity index is 1160. The molecule has 0 saturated carbocycles. The summed E-state index contributed by atoms with van der Waals surface area (Å²) in [6, 6.07) is 26.2. The maximum atomic E-state index is 2.45. The van der Waals surface area contributed by atoms with E-state index in [1.807, 2.05) is 11.3 Å². The third-order valence-corrected chi connectivity index (χ3v) is 6.83. The lowest BCUT2D eigenvalue weighted by Gasteiger charge is -2.14. The van der Waals surface area contributed by atoms with E-state index in [0.717, 1.165) is 4.55 Å². The number of hydrogen-bond donors (Lipinski definition) is 0. The zero-order chi connectivity index (χ0) is 20.4. The molecule has 4 aromatic rings. The fraction of sp³-hybridized carbons (Fsp3) is 0.160. The van der Waals surface area contributed by atoms with Crippen LogP contribution in [0.15, 0.2) is 72.8 Å². The molecule has 0 amide bonds. The normalized spacial score (nSPS) is 11.8. The van der Waals surface area contributed by atoms with Crippen LogP contribution in [0.3, 0.4) is 0 Å². The Labute approximate surface area is 190 Å². The molecule has 146 valence electrons. The molecule has 0 N–H and O–H groups in total. The quantitative estimate of drug-likeness (QED) is 0.168. The van der Waals surface area contributed by atoms with E-state index in [1.54, 1.807) is 0 Å². The summed E-state index contributed by atoms with van der Waals surface area (Å²) < 4.78 is 4.66. The van der Waals surface area contributed by atoms with Gasteiger partial charge in [0.1, 0.15) is 4.70 Å². The number of alkyl halides is 1. The van der Waals surface area contributed by atoms with Crippen LogP contribution in [0.4, 0.5) is 5.69 Å². The van der Waals surface area contributed by atoms with Crippen molar-refractivity contribution in [3.63, 3.8) is 0 Å². The molecule has 0 saturated heterocycles. The number of aromatic nitrogens is 1. The SMILES string of the molecule is Cc1ccc2c(c1)sc(/C=C(\c1ccccc1)c1ccc(N(C)C)cc1)[n+]2CI. The molecule has 4 rings (SSSR count). The van der Waals surface area contributed by atoms with Crippen molar-refractivity contribution in [3.05, 3.63) is 94.5 Å². The highest BCUT2D eigenvalue weighted by molar-refractivity contribution is 14.1. The lowest BCUT2D eigenvalue weighted by atomic mass is 9.97. The van der Waals surface area contributed by atoms with Gasteiger partial charge in [-0.3, -0.25) is 0 Å². The van der Waals surface area contributed by atoms with Crippen LogP contribution in [0, 0.1) is 6.92 Å². The minimum Gasteiger partial charge on any atom is -0.378 e. The maximum absolute atomic E-state index is 2.45. The summed E-state index contributed by atoms with van der Waals surface area (Å²) in [6.45, 7) is 2.16. The monoisotopic (exact) mass is 511 g/mol. The van der Waals surface area contributed by atoms with E-state index in [1.165, 1.54) is 43.2 Å². The summed E-state index contributed by atoms with van der Waals surface area (Å²) in [5.41, 5.74) is 7.53. The number of anilines is 1. The summed E-state index contributed by atoms with van der Waals surface area (Å²) in [6.07, 6.45) is 2.35. The molecule has 0 aliphatic heterocycles. The molecule has 1 aromatic heterocycles. The van der Waals surface area contributed by atoms with Gasteiger partial charge in [-0.05, 0) is 70.0 Å². The lowest BCUT2D eigenvalue weighted by Crippen LogP contribution is -2.32. The van der Waals surface area contributed by atoms with Crippen LogP contribution in [-0.2, 0) is 4.55 Å². The van der Waals surface area contributed by atoms with Crippen LogP contribution >= 0.6 is 33.9 Å². The Balaban J connectivity index is 1.90. The van der Waals surface area contributed by atoms with Gasteiger partial charge in [0.2, 0.25) is 5.52 Å². The predicted octanol–water partition coefficient (Wildman–Crippen LogP) is 6.54. The van der Waals surface area contributed by atoms with Crippen LogP contribution in [0.2, 0.25) is 0 Å². The summed E-state index contributed by atoms with van der Waals surface area (Å²) in [5, 5.41) is 1.27. The minimum absolute atomic E-state index is 0.925. The van der Waals surface area contributed by atoms with Gasteiger partial charge in [0.15, 0.2) is 4.55 Å². The Kier molecular flexibility index (Phi) is 6.01. The molecule has 0 spiro atoms. The first kappa shape index (κ1) is 20.1. The third kappa shape index (κ3) is 4.23. The second kappa shape index (κ2) is 8.67. The van der Waals surface area contributed by atoms with Gasteiger partial charge in [0.25, 0.3) is 5.01 Å². The topological polar surface area (TPSA) is 7.12 Å². The maximum Gasteiger partial charge on any atom is 0.264 e. The smallest absolute Gasteiger partial charge is 0.264 e. The van der Waals surface area contributed by atoms with Gasteiger partial charge in [-0.1, -0.05) is 59.9 Å². The van der Waals surface area contributed by atoms with Gasteiger partial charge in [-0.15, -0.1) is 0 Å². The van der Waals surface area contributed by atoms with Crippen LogP contribution in [0.1, 0.15) is 21.7 Å². The van der Waals surface area contributed by atoms with Crippen molar-refractivity contribution in [2.24, 2.45) is 0 Å². The van der Waals surface area contributed by atoms with Crippen molar-refractivity contribution in [2.45, 2.75) is 11.5 Å². The van der Waals surface area contributed by atoms with Crippen molar-refractivity contribution in [3.8, 4) is 0 Å². The highest BCUT2D eigenvalue weighted by Gasteiger charge is 2.19. The van der Waals surface area contributed by atoms with Crippen molar-refractivity contribution in [1.29, 1.82) is 0 Å². The second-order valence-corrected chi connectivity index (χ2v) is 9.07. The number of hydrogen-bond acceptors (Lipinski definition) is 2. The summed E-state index contributed by atoms with van der Waals surface area (Å²) in [5.74, 6) is 0. The summed E-state index contributed by atoms with van der Waals surface area (Å²) in [7, 11) is 4.15. The standard InChI is InChI=1S/C25H24IN2S/c1-18-9-14-23-24(15-18)29-25(28(23)17-26)16-22(19-7-5-4-6-8-19)20-10-12-21(13-11-20)27(2)3/h4-16H,17H2,1-3H3/q+1. The first-order valence-electron chi connectivity index (χ1n) is 9.60. The molecule has 1 heterocycles. The molecular formula is C25H24IN2S+. The Morgan fingerprint density at radius 3 is 2.31 bits per heavy atom. The Hall–Kier alpha value is -2.18. The predicted molar refractivity (Wildman–Crippen MR) is 135 cm³/mol. The van der Waals surface area contributed by atoms with Crippen LogP contribution in [-0.4, -0.2) is 14.1 Å². The van der Waals surface area contributed by atoms with Gasteiger partial charge in [-0.2, -0.15) is 4.57 Å². The van der Waals surface area contributed by atoms with E-state index in [9.17, 15) is 0 Å². The molecule has 0 bridgehead atoms. The Morgan fingerprint density at radius 1 is 0.966 bits per heavy atom. The molecule has 0 fully saturated rings. The van der Waals surface area contributed by atoms with Gasteiger partial charge < -0.3 is 4.90 Å². The number of fused-ring (bicyclic) bond motifs is 1. The van der Waals surface area contributed by atoms with Gasteiger partial charge in [0, 0.05) is 31.9 Å². The van der Waals surface area contributed by atoms with Crippen LogP contribution in [0.25, 0.3) is 21.9 Å². The first-order valence-corrected chi connectivity index (χ1v) is 11.9. The molecular weight excluding hydrogens is 487 g/mol. The number of halogens is 1. The number of rotatable bonds is 5. The molecule has 4 heteroatoms. The fourth-order valence-corrected chi connectivity index (χ4v) is 5.63. The zero-order valence-corrected chi connectivity index (χ0v) is 19.9. The van der Waals surface area contributed by atoms with E-state index in [4.69, 9.17) is 0 Å². The first-order chi connectivity index (χ1) is 14.1. The molecule has 0 atom stereocenters. The number of benzene rings is 3. The molecule has 29 heavy (non-hydrogen) atoms. The number of nitrogens with zero attached hydrogens (tertiary/aromatic N) is 2. The van der Waals surface area contributed by atoms with Crippen molar-refractivity contribution in [2.75, 3.05) is 19.0 Å². The van der Waals surface area contributed by atoms with E-state index in [0.29, 0.717) is 0 Å². The molecule has 0 radical (unpaired) electrons. The summed E-state index contributed by atoms with van der Waals surface area (Å²) >= 11 is 4.32. The average Bonchev–Trinajstić information content (AvgIpc) is 3.08. The molecule has 3 aromatic carbocycles. The highest BCUT2D eigenvalue weighted by atomic mass is 127. The average molecular weight is 511 g/mol. The highest BCUT2D eigenvalue weighted by Crippen LogP contribution is 2.30. The van der Waals surface area contributed by atoms with Gasteiger partial charge >= 0.3 is 0 Å². The van der Waals surface area contributed by atoms with Crippen molar-refractivity contribution < 1.29 is 4.57 Å². The second-order valence-electron chi connectivity index (χ2n) is 7.32. The molecule has 0 unspecified atom stereocenters. The largest absolute Gasteiger partial charge is 0.378 e. The number of aryl methyl sites for hydroxylation is 1. The van der Waals surface area contributed by atoms with Crippen LogP contribution < -0.4 is 9.47 Å². The fourth-order valence-electron chi connectivity index (χ4n) is 3.46. The zero-order valence-electron chi connectivity index (χ0n) is 16.9. The van der Waals surface area contributed by atoms with Gasteiger partial charge in [0.05, 0.1) is 0 Å². The van der Waals surface area contributed by atoms with Crippen molar-refractivity contribution in [1.82, 2.24) is 0 Å². The van der Waals surface area contributed by atoms with E-state index >= 15 is 0 Å². The van der Waals surface area contributed by atoms with Crippen molar-refractivity contribution >= 4 is 61.5 Å². The van der Waals surface area contributed by atoms with Crippen LogP contribution in [0.5, 0.6) is 0 Å². The van der Waals surface area contributed by atoms with E-state index in [2.05, 4.69) is 132 Å². The minimum atomic E-state index is 0.925.